The number of carbonyl (C=O) groups is 2. The molecule has 1 rings (SSSR count). The zero-order valence-electron chi connectivity index (χ0n) is 7.30. The third-order valence-corrected chi connectivity index (χ3v) is 2.65. The van der Waals surface area contributed by atoms with Gasteiger partial charge in [-0.25, -0.2) is 0 Å². The third kappa shape index (κ3) is 2.06. The van der Waals surface area contributed by atoms with E-state index in [9.17, 15) is 9.59 Å². The van der Waals surface area contributed by atoms with E-state index < -0.39 is 5.97 Å². The molecule has 0 unspecified atom stereocenters. The van der Waals surface area contributed by atoms with Crippen LogP contribution < -0.4 is 0 Å². The fourth-order valence-electron chi connectivity index (χ4n) is 1.51. The first-order valence-corrected chi connectivity index (χ1v) is 4.30. The Hall–Kier alpha value is -0.860. The average Bonchev–Trinajstić information content (AvgIpc) is 2.68. The van der Waals surface area contributed by atoms with Crippen molar-refractivity contribution in [3.8, 4) is 0 Å². The molecule has 0 aromatic heterocycles. The monoisotopic (exact) mass is 170 g/mol. The summed E-state index contributed by atoms with van der Waals surface area (Å²) < 4.78 is 0. The number of carboxylic acids is 1. The van der Waals surface area contributed by atoms with Crippen LogP contribution in [0.5, 0.6) is 0 Å². The minimum atomic E-state index is -0.769. The number of ketones is 1. The van der Waals surface area contributed by atoms with E-state index in [-0.39, 0.29) is 17.6 Å². The lowest BCUT2D eigenvalue weighted by Crippen LogP contribution is -2.12. The molecule has 3 heteroatoms. The largest absolute Gasteiger partial charge is 0.481 e. The van der Waals surface area contributed by atoms with Crippen molar-refractivity contribution in [3.63, 3.8) is 0 Å². The molecule has 0 saturated heterocycles. The van der Waals surface area contributed by atoms with Crippen LogP contribution in [0.2, 0.25) is 0 Å². The summed E-state index contributed by atoms with van der Waals surface area (Å²) in [5.74, 6) is -0.540. The second-order valence-corrected chi connectivity index (χ2v) is 3.58. The number of carbonyl (C=O) groups excluding carboxylic acids is 1. The lowest BCUT2D eigenvalue weighted by atomic mass is 9.95. The van der Waals surface area contributed by atoms with Gasteiger partial charge in [-0.3, -0.25) is 9.59 Å². The van der Waals surface area contributed by atoms with Gasteiger partial charge in [0.2, 0.25) is 0 Å². The Balaban J connectivity index is 2.23. The van der Waals surface area contributed by atoms with Crippen molar-refractivity contribution in [2.45, 2.75) is 39.0 Å². The van der Waals surface area contributed by atoms with Crippen LogP contribution in [0.1, 0.15) is 39.0 Å². The molecule has 1 aliphatic rings. The maximum atomic E-state index is 11.1. The molecule has 0 aromatic rings. The minimum absolute atomic E-state index is 0.116. The van der Waals surface area contributed by atoms with Gasteiger partial charge in [-0.05, 0) is 32.6 Å². The molecule has 0 radical (unpaired) electrons. The third-order valence-electron chi connectivity index (χ3n) is 2.65. The van der Waals surface area contributed by atoms with Gasteiger partial charge in [0.1, 0.15) is 5.78 Å². The van der Waals surface area contributed by atoms with E-state index in [1.54, 1.807) is 6.92 Å². The molecule has 0 aliphatic heterocycles. The standard InChI is InChI=1S/C9H14O3/c1-7(10)9(5-6-9)4-2-3-8(11)12/h2-6H2,1H3,(H,11,12). The summed E-state index contributed by atoms with van der Waals surface area (Å²) in [6, 6.07) is 0. The van der Waals surface area contributed by atoms with Crippen molar-refractivity contribution in [2.24, 2.45) is 5.41 Å². The Morgan fingerprint density at radius 3 is 2.33 bits per heavy atom. The molecular formula is C9H14O3. The van der Waals surface area contributed by atoms with Crippen molar-refractivity contribution in [1.29, 1.82) is 0 Å². The molecule has 0 aromatic carbocycles. The average molecular weight is 170 g/mol. The lowest BCUT2D eigenvalue weighted by molar-refractivity contribution is -0.137. The highest BCUT2D eigenvalue weighted by Gasteiger charge is 2.46. The Labute approximate surface area is 71.8 Å². The number of hydrogen-bond donors (Lipinski definition) is 1. The van der Waals surface area contributed by atoms with E-state index in [4.69, 9.17) is 5.11 Å². The highest BCUT2D eigenvalue weighted by Crippen LogP contribution is 2.50. The van der Waals surface area contributed by atoms with E-state index in [0.29, 0.717) is 6.42 Å². The van der Waals surface area contributed by atoms with Crippen molar-refractivity contribution in [3.05, 3.63) is 0 Å². The van der Waals surface area contributed by atoms with Crippen LogP contribution in [0.15, 0.2) is 0 Å². The SMILES string of the molecule is CC(=O)C1(CCCC(=O)O)CC1. The fraction of sp³-hybridized carbons (Fsp3) is 0.778. The lowest BCUT2D eigenvalue weighted by Gasteiger charge is -2.08. The van der Waals surface area contributed by atoms with Crippen LogP contribution >= 0.6 is 0 Å². The highest BCUT2D eigenvalue weighted by atomic mass is 16.4. The molecule has 1 N–H and O–H groups in total. The molecule has 0 spiro atoms. The van der Waals surface area contributed by atoms with Crippen LogP contribution in [-0.2, 0) is 9.59 Å². The molecular weight excluding hydrogens is 156 g/mol. The normalized spacial score (nSPS) is 18.8. The van der Waals surface area contributed by atoms with E-state index in [1.807, 2.05) is 0 Å². The van der Waals surface area contributed by atoms with Gasteiger partial charge in [-0.2, -0.15) is 0 Å². The summed E-state index contributed by atoms with van der Waals surface area (Å²) in [6.07, 6.45) is 3.50. The number of aliphatic carboxylic acids is 1. The van der Waals surface area contributed by atoms with Crippen molar-refractivity contribution in [1.82, 2.24) is 0 Å². The highest BCUT2D eigenvalue weighted by molar-refractivity contribution is 5.85. The van der Waals surface area contributed by atoms with Crippen molar-refractivity contribution >= 4 is 11.8 Å². The minimum Gasteiger partial charge on any atom is -0.481 e. The first kappa shape index (κ1) is 9.23. The Morgan fingerprint density at radius 1 is 1.42 bits per heavy atom. The predicted molar refractivity (Wildman–Crippen MR) is 43.8 cm³/mol. The second kappa shape index (κ2) is 3.25. The van der Waals surface area contributed by atoms with Crippen LogP contribution in [-0.4, -0.2) is 16.9 Å². The van der Waals surface area contributed by atoms with Gasteiger partial charge in [-0.15, -0.1) is 0 Å². The fourth-order valence-corrected chi connectivity index (χ4v) is 1.51. The molecule has 0 amide bonds. The predicted octanol–water partition coefficient (Wildman–Crippen LogP) is 1.61. The van der Waals surface area contributed by atoms with Crippen molar-refractivity contribution < 1.29 is 14.7 Å². The number of rotatable bonds is 5. The van der Waals surface area contributed by atoms with Crippen LogP contribution in [0, 0.1) is 5.41 Å². The number of hydrogen-bond acceptors (Lipinski definition) is 2. The Morgan fingerprint density at radius 2 is 2.00 bits per heavy atom. The molecule has 1 fully saturated rings. The molecule has 1 aliphatic carbocycles. The van der Waals surface area contributed by atoms with Gasteiger partial charge >= 0.3 is 5.97 Å². The van der Waals surface area contributed by atoms with E-state index in [1.165, 1.54) is 0 Å². The first-order chi connectivity index (χ1) is 5.57. The number of carboxylic acid groups (broad SMARTS) is 1. The molecule has 0 heterocycles. The topological polar surface area (TPSA) is 54.4 Å². The van der Waals surface area contributed by atoms with Crippen LogP contribution in [0.3, 0.4) is 0 Å². The summed E-state index contributed by atoms with van der Waals surface area (Å²) in [5.41, 5.74) is -0.116. The van der Waals surface area contributed by atoms with Crippen LogP contribution in [0.25, 0.3) is 0 Å². The summed E-state index contributed by atoms with van der Waals surface area (Å²) in [4.78, 5) is 21.2. The van der Waals surface area contributed by atoms with Gasteiger partial charge in [0.25, 0.3) is 0 Å². The summed E-state index contributed by atoms with van der Waals surface area (Å²) in [5, 5.41) is 8.38. The molecule has 0 bridgehead atoms. The van der Waals surface area contributed by atoms with Gasteiger partial charge in [0.15, 0.2) is 0 Å². The second-order valence-electron chi connectivity index (χ2n) is 3.58. The van der Waals surface area contributed by atoms with E-state index >= 15 is 0 Å². The molecule has 3 nitrogen and oxygen atoms in total. The van der Waals surface area contributed by atoms with E-state index in [2.05, 4.69) is 0 Å². The molecule has 1 saturated carbocycles. The van der Waals surface area contributed by atoms with Crippen molar-refractivity contribution in [2.75, 3.05) is 0 Å². The molecule has 0 atom stereocenters. The maximum Gasteiger partial charge on any atom is 0.303 e. The Kier molecular flexibility index (Phi) is 2.50. The van der Waals surface area contributed by atoms with Crippen LogP contribution in [0.4, 0.5) is 0 Å². The van der Waals surface area contributed by atoms with Gasteiger partial charge in [0, 0.05) is 11.8 Å². The smallest absolute Gasteiger partial charge is 0.303 e. The van der Waals surface area contributed by atoms with Gasteiger partial charge in [-0.1, -0.05) is 0 Å². The molecule has 68 valence electrons. The molecule has 12 heavy (non-hydrogen) atoms. The first-order valence-electron chi connectivity index (χ1n) is 4.30. The quantitative estimate of drug-likeness (QED) is 0.682. The summed E-state index contributed by atoms with van der Waals surface area (Å²) in [6.45, 7) is 1.60. The summed E-state index contributed by atoms with van der Waals surface area (Å²) in [7, 11) is 0. The van der Waals surface area contributed by atoms with Gasteiger partial charge in [0.05, 0.1) is 0 Å². The van der Waals surface area contributed by atoms with Gasteiger partial charge < -0.3 is 5.11 Å². The zero-order chi connectivity index (χ0) is 9.19. The number of Topliss-reactive ketones (excluding diaryl/α,β-unsaturated/α-hetero) is 1. The maximum absolute atomic E-state index is 11.1. The zero-order valence-corrected chi connectivity index (χ0v) is 7.30. The summed E-state index contributed by atoms with van der Waals surface area (Å²) >= 11 is 0. The Bertz CT molecular complexity index is 204. The van der Waals surface area contributed by atoms with E-state index in [0.717, 1.165) is 19.3 Å².